The summed E-state index contributed by atoms with van der Waals surface area (Å²) in [4.78, 5) is 4.93. The zero-order valence-electron chi connectivity index (χ0n) is 13.9. The van der Waals surface area contributed by atoms with Crippen LogP contribution in [-0.4, -0.2) is 54.2 Å². The van der Waals surface area contributed by atoms with E-state index in [1.165, 1.54) is 6.42 Å². The molecule has 1 aliphatic rings. The SMILES string of the molecule is CCC1CN(Cc2cc(CNCC(C)C)no2)CCN1C. The smallest absolute Gasteiger partial charge is 0.151 e. The van der Waals surface area contributed by atoms with Gasteiger partial charge in [-0.25, -0.2) is 0 Å². The van der Waals surface area contributed by atoms with Crippen molar-refractivity contribution in [2.45, 2.75) is 46.3 Å². The molecule has 1 N–H and O–H groups in total. The molecule has 2 rings (SSSR count). The first-order valence-electron chi connectivity index (χ1n) is 8.16. The minimum Gasteiger partial charge on any atom is -0.360 e. The van der Waals surface area contributed by atoms with Crippen LogP contribution in [0.15, 0.2) is 10.6 Å². The molecule has 1 fully saturated rings. The van der Waals surface area contributed by atoms with Crippen molar-refractivity contribution in [2.24, 2.45) is 5.92 Å². The van der Waals surface area contributed by atoms with Gasteiger partial charge in [0, 0.05) is 38.3 Å². The Kier molecular flexibility index (Phi) is 6.21. The van der Waals surface area contributed by atoms with Crippen LogP contribution in [0.3, 0.4) is 0 Å². The van der Waals surface area contributed by atoms with Crippen LogP contribution in [0.25, 0.3) is 0 Å². The number of nitrogens with one attached hydrogen (secondary N) is 1. The highest BCUT2D eigenvalue weighted by Crippen LogP contribution is 2.14. The minimum absolute atomic E-state index is 0.660. The van der Waals surface area contributed by atoms with Gasteiger partial charge in [-0.3, -0.25) is 4.90 Å². The molecule has 1 aliphatic heterocycles. The van der Waals surface area contributed by atoms with Crippen molar-refractivity contribution in [2.75, 3.05) is 33.2 Å². The van der Waals surface area contributed by atoms with Gasteiger partial charge in [-0.15, -0.1) is 0 Å². The summed E-state index contributed by atoms with van der Waals surface area (Å²) in [5.41, 5.74) is 1.01. The van der Waals surface area contributed by atoms with E-state index >= 15 is 0 Å². The quantitative estimate of drug-likeness (QED) is 0.833. The molecule has 0 amide bonds. The van der Waals surface area contributed by atoms with Crippen LogP contribution in [0, 0.1) is 5.92 Å². The fraction of sp³-hybridized carbons (Fsp3) is 0.812. The third-order valence-corrected chi connectivity index (χ3v) is 4.18. The first-order valence-corrected chi connectivity index (χ1v) is 8.16. The molecule has 1 aromatic heterocycles. The normalized spacial score (nSPS) is 21.3. The van der Waals surface area contributed by atoms with E-state index in [1.807, 2.05) is 0 Å². The van der Waals surface area contributed by atoms with Crippen LogP contribution < -0.4 is 5.32 Å². The van der Waals surface area contributed by atoms with Gasteiger partial charge in [0.15, 0.2) is 5.76 Å². The Morgan fingerprint density at radius 3 is 2.95 bits per heavy atom. The van der Waals surface area contributed by atoms with Crippen molar-refractivity contribution in [3.63, 3.8) is 0 Å². The van der Waals surface area contributed by atoms with E-state index in [-0.39, 0.29) is 0 Å². The molecule has 1 aromatic rings. The van der Waals surface area contributed by atoms with E-state index in [1.54, 1.807) is 0 Å². The van der Waals surface area contributed by atoms with E-state index < -0.39 is 0 Å². The van der Waals surface area contributed by atoms with Gasteiger partial charge in [-0.2, -0.15) is 0 Å². The third kappa shape index (κ3) is 5.09. The van der Waals surface area contributed by atoms with Crippen molar-refractivity contribution in [1.29, 1.82) is 0 Å². The van der Waals surface area contributed by atoms with Gasteiger partial charge in [-0.05, 0) is 25.9 Å². The van der Waals surface area contributed by atoms with Crippen molar-refractivity contribution in [3.05, 3.63) is 17.5 Å². The summed E-state index contributed by atoms with van der Waals surface area (Å²) in [6.45, 7) is 12.7. The largest absolute Gasteiger partial charge is 0.360 e. The number of nitrogens with zero attached hydrogens (tertiary/aromatic N) is 3. The molecule has 0 aromatic carbocycles. The highest BCUT2D eigenvalue weighted by atomic mass is 16.5. The van der Waals surface area contributed by atoms with Crippen molar-refractivity contribution < 1.29 is 4.52 Å². The first kappa shape index (κ1) is 16.5. The predicted molar refractivity (Wildman–Crippen MR) is 85.0 cm³/mol. The molecule has 1 atom stereocenters. The lowest BCUT2D eigenvalue weighted by molar-refractivity contribution is 0.0819. The number of aromatic nitrogens is 1. The van der Waals surface area contributed by atoms with Crippen LogP contribution in [0.5, 0.6) is 0 Å². The molecule has 0 radical (unpaired) electrons. The van der Waals surface area contributed by atoms with Gasteiger partial charge in [0.25, 0.3) is 0 Å². The molecule has 0 aliphatic carbocycles. The summed E-state index contributed by atoms with van der Waals surface area (Å²) in [7, 11) is 2.22. The Labute approximate surface area is 128 Å². The predicted octanol–water partition coefficient (Wildman–Crippen LogP) is 1.95. The molecular formula is C16H30N4O. The van der Waals surface area contributed by atoms with Crippen molar-refractivity contribution >= 4 is 0 Å². The molecule has 1 saturated heterocycles. The van der Waals surface area contributed by atoms with E-state index in [0.29, 0.717) is 12.0 Å². The average molecular weight is 294 g/mol. The fourth-order valence-electron chi connectivity index (χ4n) is 2.82. The second-order valence-corrected chi connectivity index (χ2v) is 6.59. The van der Waals surface area contributed by atoms with Crippen LogP contribution >= 0.6 is 0 Å². The van der Waals surface area contributed by atoms with E-state index in [4.69, 9.17) is 4.52 Å². The molecule has 0 saturated carbocycles. The van der Waals surface area contributed by atoms with Crippen molar-refractivity contribution in [1.82, 2.24) is 20.3 Å². The second kappa shape index (κ2) is 7.92. The number of piperazine rings is 1. The number of hydrogen-bond donors (Lipinski definition) is 1. The zero-order chi connectivity index (χ0) is 15.2. The van der Waals surface area contributed by atoms with Gasteiger partial charge in [0.2, 0.25) is 0 Å². The molecule has 1 unspecified atom stereocenters. The molecule has 5 heteroatoms. The Bertz CT molecular complexity index is 418. The Morgan fingerprint density at radius 2 is 2.24 bits per heavy atom. The standard InChI is InChI=1S/C16H30N4O/c1-5-15-11-20(7-6-19(15)4)12-16-8-14(18-21-16)10-17-9-13(2)3/h8,13,15,17H,5-7,9-12H2,1-4H3. The average Bonchev–Trinajstić information content (AvgIpc) is 2.88. The molecule has 21 heavy (non-hydrogen) atoms. The Balaban J connectivity index is 1.79. The maximum atomic E-state index is 5.48. The highest BCUT2D eigenvalue weighted by molar-refractivity contribution is 5.05. The van der Waals surface area contributed by atoms with Crippen LogP contribution in [0.1, 0.15) is 38.6 Å². The van der Waals surface area contributed by atoms with Gasteiger partial charge in [0.1, 0.15) is 0 Å². The van der Waals surface area contributed by atoms with Gasteiger partial charge >= 0.3 is 0 Å². The van der Waals surface area contributed by atoms with Crippen LogP contribution in [0.2, 0.25) is 0 Å². The van der Waals surface area contributed by atoms with E-state index in [0.717, 1.165) is 50.7 Å². The summed E-state index contributed by atoms with van der Waals surface area (Å²) >= 11 is 0. The second-order valence-electron chi connectivity index (χ2n) is 6.59. The Hall–Kier alpha value is -0.910. The fourth-order valence-corrected chi connectivity index (χ4v) is 2.82. The highest BCUT2D eigenvalue weighted by Gasteiger charge is 2.23. The third-order valence-electron chi connectivity index (χ3n) is 4.18. The van der Waals surface area contributed by atoms with E-state index in [2.05, 4.69) is 54.2 Å². The summed E-state index contributed by atoms with van der Waals surface area (Å²) < 4.78 is 5.48. The van der Waals surface area contributed by atoms with Gasteiger partial charge < -0.3 is 14.7 Å². The molecule has 0 bridgehead atoms. The summed E-state index contributed by atoms with van der Waals surface area (Å²) in [5, 5.41) is 7.56. The molecule has 2 heterocycles. The molecule has 0 spiro atoms. The molecule has 5 nitrogen and oxygen atoms in total. The topological polar surface area (TPSA) is 44.5 Å². The number of likely N-dealkylation sites (N-methyl/N-ethyl adjacent to an activating group) is 1. The number of hydrogen-bond acceptors (Lipinski definition) is 5. The number of rotatable bonds is 7. The van der Waals surface area contributed by atoms with Crippen molar-refractivity contribution in [3.8, 4) is 0 Å². The van der Waals surface area contributed by atoms with E-state index in [9.17, 15) is 0 Å². The summed E-state index contributed by atoms with van der Waals surface area (Å²) in [6.07, 6.45) is 1.20. The first-order chi connectivity index (χ1) is 10.1. The summed E-state index contributed by atoms with van der Waals surface area (Å²) in [6, 6.07) is 2.75. The lowest BCUT2D eigenvalue weighted by Crippen LogP contribution is -2.50. The maximum Gasteiger partial charge on any atom is 0.151 e. The molecular weight excluding hydrogens is 264 g/mol. The minimum atomic E-state index is 0.660. The van der Waals surface area contributed by atoms with Gasteiger partial charge in [0.05, 0.1) is 12.2 Å². The summed E-state index contributed by atoms with van der Waals surface area (Å²) in [5.74, 6) is 1.64. The Morgan fingerprint density at radius 1 is 1.43 bits per heavy atom. The molecule has 120 valence electrons. The lowest BCUT2D eigenvalue weighted by Gasteiger charge is -2.38. The van der Waals surface area contributed by atoms with Crippen LogP contribution in [-0.2, 0) is 13.1 Å². The van der Waals surface area contributed by atoms with Crippen LogP contribution in [0.4, 0.5) is 0 Å². The zero-order valence-corrected chi connectivity index (χ0v) is 13.9. The monoisotopic (exact) mass is 294 g/mol. The van der Waals surface area contributed by atoms with Gasteiger partial charge in [-0.1, -0.05) is 25.9 Å². The maximum absolute atomic E-state index is 5.48. The lowest BCUT2D eigenvalue weighted by atomic mass is 10.1.